The second-order valence-electron chi connectivity index (χ2n) is 7.15. The summed E-state index contributed by atoms with van der Waals surface area (Å²) in [6, 6.07) is 4.21. The lowest BCUT2D eigenvalue weighted by atomic mass is 9.75. The van der Waals surface area contributed by atoms with Crippen molar-refractivity contribution in [2.75, 3.05) is 26.0 Å². The van der Waals surface area contributed by atoms with E-state index in [9.17, 15) is 19.7 Å². The first-order valence-corrected chi connectivity index (χ1v) is 10.5. The van der Waals surface area contributed by atoms with Gasteiger partial charge in [0.15, 0.2) is 6.61 Å². The number of carbonyl (C=O) groups is 2. The number of hydrogen-bond acceptors (Lipinski definition) is 6. The van der Waals surface area contributed by atoms with Gasteiger partial charge in [0.05, 0.1) is 15.4 Å². The molecule has 8 heteroatoms. The zero-order valence-corrected chi connectivity index (χ0v) is 16.2. The number of rotatable bonds is 5. The summed E-state index contributed by atoms with van der Waals surface area (Å²) in [5.41, 5.74) is -0.0547. The van der Waals surface area contributed by atoms with E-state index in [1.165, 1.54) is 55.6 Å². The third-order valence-electron chi connectivity index (χ3n) is 5.58. The van der Waals surface area contributed by atoms with Crippen LogP contribution in [0.15, 0.2) is 23.1 Å². The van der Waals surface area contributed by atoms with Gasteiger partial charge < -0.3 is 9.64 Å². The first-order valence-electron chi connectivity index (χ1n) is 9.27. The Morgan fingerprint density at radius 2 is 2.00 bits per heavy atom. The molecule has 0 radical (unpaired) electrons. The Kier molecular flexibility index (Phi) is 6.36. The van der Waals surface area contributed by atoms with Gasteiger partial charge in [-0.15, -0.1) is 11.8 Å². The predicted octanol–water partition coefficient (Wildman–Crippen LogP) is 3.51. The molecule has 1 saturated heterocycles. The number of thioether (sulfide) groups is 1. The third-order valence-corrected chi connectivity index (χ3v) is 6.37. The molecule has 1 amide bonds. The van der Waals surface area contributed by atoms with Crippen LogP contribution in [-0.2, 0) is 9.53 Å². The van der Waals surface area contributed by atoms with E-state index >= 15 is 0 Å². The van der Waals surface area contributed by atoms with Gasteiger partial charge in [-0.1, -0.05) is 19.3 Å². The maximum absolute atomic E-state index is 12.4. The molecule has 0 N–H and O–H groups in total. The molecule has 146 valence electrons. The Bertz CT molecular complexity index is 739. The van der Waals surface area contributed by atoms with Crippen molar-refractivity contribution < 1.29 is 19.2 Å². The lowest BCUT2D eigenvalue weighted by molar-refractivity contribution is -0.387. The molecule has 2 atom stereocenters. The highest BCUT2D eigenvalue weighted by molar-refractivity contribution is 7.98. The first-order chi connectivity index (χ1) is 13.0. The van der Waals surface area contributed by atoms with E-state index in [0.29, 0.717) is 17.4 Å². The Balaban J connectivity index is 1.56. The maximum atomic E-state index is 12.4. The second kappa shape index (κ2) is 8.73. The lowest BCUT2D eigenvalue weighted by Gasteiger charge is -2.41. The van der Waals surface area contributed by atoms with Gasteiger partial charge in [-0.25, -0.2) is 4.79 Å². The van der Waals surface area contributed by atoms with E-state index in [4.69, 9.17) is 4.74 Å². The number of nitro benzene ring substituents is 1. The highest BCUT2D eigenvalue weighted by Crippen LogP contribution is 2.36. The molecule has 1 aromatic carbocycles. The van der Waals surface area contributed by atoms with Crippen molar-refractivity contribution in [1.82, 2.24) is 4.90 Å². The van der Waals surface area contributed by atoms with Gasteiger partial charge in [0, 0.05) is 19.2 Å². The van der Waals surface area contributed by atoms with Crippen molar-refractivity contribution in [2.24, 2.45) is 11.8 Å². The summed E-state index contributed by atoms with van der Waals surface area (Å²) >= 11 is 1.24. The molecule has 2 aliphatic rings. The number of ether oxygens (including phenoxy) is 1. The number of amides is 1. The van der Waals surface area contributed by atoms with E-state index in [2.05, 4.69) is 0 Å². The summed E-state index contributed by atoms with van der Waals surface area (Å²) < 4.78 is 5.13. The van der Waals surface area contributed by atoms with Crippen molar-refractivity contribution >= 4 is 29.3 Å². The summed E-state index contributed by atoms with van der Waals surface area (Å²) in [5, 5.41) is 11.1. The van der Waals surface area contributed by atoms with E-state index in [0.717, 1.165) is 18.9 Å². The fourth-order valence-electron chi connectivity index (χ4n) is 4.09. The molecule has 1 aliphatic heterocycles. The molecule has 0 unspecified atom stereocenters. The molecule has 1 heterocycles. The quantitative estimate of drug-likeness (QED) is 0.330. The van der Waals surface area contributed by atoms with Crippen LogP contribution < -0.4 is 0 Å². The minimum atomic E-state index is -0.716. The minimum Gasteiger partial charge on any atom is -0.452 e. The van der Waals surface area contributed by atoms with Gasteiger partial charge in [-0.2, -0.15) is 0 Å². The molecule has 3 rings (SSSR count). The molecular weight excluding hydrogens is 368 g/mol. The molecule has 0 aromatic heterocycles. The number of likely N-dealkylation sites (tertiary alicyclic amines) is 1. The van der Waals surface area contributed by atoms with Crippen LogP contribution >= 0.6 is 11.8 Å². The molecule has 0 spiro atoms. The normalized spacial score (nSPS) is 22.0. The number of nitro groups is 1. The minimum absolute atomic E-state index is 0.0817. The number of fused-ring (bicyclic) bond motifs is 1. The number of benzene rings is 1. The summed E-state index contributed by atoms with van der Waals surface area (Å²) in [6.07, 6.45) is 7.69. The van der Waals surface area contributed by atoms with E-state index in [1.807, 2.05) is 0 Å². The van der Waals surface area contributed by atoms with Crippen LogP contribution in [0, 0.1) is 22.0 Å². The Labute approximate surface area is 162 Å². The summed E-state index contributed by atoms with van der Waals surface area (Å²) in [4.78, 5) is 37.5. The highest BCUT2D eigenvalue weighted by Gasteiger charge is 2.33. The average molecular weight is 392 g/mol. The van der Waals surface area contributed by atoms with Crippen LogP contribution in [0.25, 0.3) is 0 Å². The van der Waals surface area contributed by atoms with Gasteiger partial charge in [-0.05, 0) is 43.1 Å². The van der Waals surface area contributed by atoms with Gasteiger partial charge in [0.1, 0.15) is 0 Å². The van der Waals surface area contributed by atoms with Crippen LogP contribution in [0.5, 0.6) is 0 Å². The van der Waals surface area contributed by atoms with Crippen LogP contribution in [-0.4, -0.2) is 47.7 Å². The Morgan fingerprint density at radius 1 is 1.26 bits per heavy atom. The number of carbonyl (C=O) groups excluding carboxylic acids is 2. The van der Waals surface area contributed by atoms with E-state index in [1.54, 1.807) is 11.2 Å². The first kappa shape index (κ1) is 19.7. The molecular formula is C19H24N2O5S. The molecule has 1 aliphatic carbocycles. The number of piperidine rings is 1. The zero-order valence-electron chi connectivity index (χ0n) is 15.4. The van der Waals surface area contributed by atoms with Crippen LogP contribution in [0.3, 0.4) is 0 Å². The van der Waals surface area contributed by atoms with Gasteiger partial charge in [0.2, 0.25) is 0 Å². The van der Waals surface area contributed by atoms with E-state index < -0.39 is 10.9 Å². The van der Waals surface area contributed by atoms with Gasteiger partial charge >= 0.3 is 5.97 Å². The van der Waals surface area contributed by atoms with Crippen molar-refractivity contribution in [3.05, 3.63) is 33.9 Å². The summed E-state index contributed by atoms with van der Waals surface area (Å²) in [5.74, 6) is 0.379. The standard InChI is InChI=1S/C19H24N2O5S/c1-27-17-7-6-14(10-16(17)21(24)25)19(23)26-12-18(22)20-9-8-13-4-2-3-5-15(13)11-20/h6-7,10,13,15H,2-5,8-9,11-12H2,1H3/t13-,15-/m1/s1. The predicted molar refractivity (Wildman–Crippen MR) is 102 cm³/mol. The SMILES string of the molecule is CSc1ccc(C(=O)OCC(=O)N2CC[C@H]3CCCC[C@@H]3C2)cc1[N+](=O)[O-]. The molecule has 7 nitrogen and oxygen atoms in total. The Hall–Kier alpha value is -2.09. The number of nitrogens with zero attached hydrogens (tertiary/aromatic N) is 2. The molecule has 1 saturated carbocycles. The van der Waals surface area contributed by atoms with Crippen LogP contribution in [0.2, 0.25) is 0 Å². The summed E-state index contributed by atoms with van der Waals surface area (Å²) in [7, 11) is 0. The van der Waals surface area contributed by atoms with Crippen molar-refractivity contribution in [3.8, 4) is 0 Å². The van der Waals surface area contributed by atoms with Crippen LogP contribution in [0.4, 0.5) is 5.69 Å². The van der Waals surface area contributed by atoms with Gasteiger partial charge in [0.25, 0.3) is 11.6 Å². The lowest BCUT2D eigenvalue weighted by Crippen LogP contribution is -2.46. The smallest absolute Gasteiger partial charge is 0.338 e. The number of hydrogen-bond donors (Lipinski definition) is 0. The van der Waals surface area contributed by atoms with Crippen molar-refractivity contribution in [1.29, 1.82) is 0 Å². The number of esters is 1. The molecule has 0 bridgehead atoms. The maximum Gasteiger partial charge on any atom is 0.338 e. The summed E-state index contributed by atoms with van der Waals surface area (Å²) in [6.45, 7) is 1.13. The monoisotopic (exact) mass is 392 g/mol. The second-order valence-corrected chi connectivity index (χ2v) is 8.00. The van der Waals surface area contributed by atoms with Gasteiger partial charge in [-0.3, -0.25) is 14.9 Å². The fourth-order valence-corrected chi connectivity index (χ4v) is 4.64. The molecule has 27 heavy (non-hydrogen) atoms. The molecule has 1 aromatic rings. The fraction of sp³-hybridized carbons (Fsp3) is 0.579. The third kappa shape index (κ3) is 4.61. The van der Waals surface area contributed by atoms with E-state index in [-0.39, 0.29) is 23.8 Å². The van der Waals surface area contributed by atoms with Crippen molar-refractivity contribution in [2.45, 2.75) is 37.0 Å². The van der Waals surface area contributed by atoms with Crippen molar-refractivity contribution in [3.63, 3.8) is 0 Å². The van der Waals surface area contributed by atoms with Crippen LogP contribution in [0.1, 0.15) is 42.5 Å². The highest BCUT2D eigenvalue weighted by atomic mass is 32.2. The zero-order chi connectivity index (χ0) is 19.4. The molecule has 2 fully saturated rings. The average Bonchev–Trinajstić information content (AvgIpc) is 2.70. The largest absolute Gasteiger partial charge is 0.452 e. The Morgan fingerprint density at radius 3 is 2.70 bits per heavy atom. The topological polar surface area (TPSA) is 89.8 Å².